The topological polar surface area (TPSA) is 102 Å². The second-order valence-corrected chi connectivity index (χ2v) is 9.83. The summed E-state index contributed by atoms with van der Waals surface area (Å²) in [5.74, 6) is -1.27. The number of benzene rings is 2. The summed E-state index contributed by atoms with van der Waals surface area (Å²) in [4.78, 5) is 15.1. The van der Waals surface area contributed by atoms with Gasteiger partial charge in [0.2, 0.25) is 5.82 Å². The molecule has 4 rings (SSSR count). The first-order valence-electron chi connectivity index (χ1n) is 12.3. The van der Waals surface area contributed by atoms with Crippen LogP contribution in [0.25, 0.3) is 17.1 Å². The van der Waals surface area contributed by atoms with E-state index in [4.69, 9.17) is 21.1 Å². The molecule has 0 unspecified atom stereocenters. The number of morpholine rings is 1. The second kappa shape index (κ2) is 11.8. The molecule has 1 aromatic heterocycles. The van der Waals surface area contributed by atoms with Crippen LogP contribution in [0.4, 0.5) is 13.2 Å². The quantitative estimate of drug-likeness (QED) is 0.412. The number of hydrogen-bond donors (Lipinski definition) is 2. The van der Waals surface area contributed by atoms with Gasteiger partial charge in [-0.3, -0.25) is 14.3 Å². The third-order valence-corrected chi connectivity index (χ3v) is 6.59. The summed E-state index contributed by atoms with van der Waals surface area (Å²) in [7, 11) is 1.48. The van der Waals surface area contributed by atoms with Crippen molar-refractivity contribution in [2.24, 2.45) is 0 Å². The first-order valence-corrected chi connectivity index (χ1v) is 12.7. The maximum atomic E-state index is 12.9. The van der Waals surface area contributed by atoms with E-state index in [1.54, 1.807) is 18.2 Å². The minimum Gasteiger partial charge on any atom is -0.507 e. The molecule has 39 heavy (non-hydrogen) atoms. The number of methoxy groups -OCH3 is 1. The molecule has 0 aliphatic carbocycles. The van der Waals surface area contributed by atoms with E-state index in [0.717, 1.165) is 24.2 Å². The Balaban J connectivity index is 1.81. The Morgan fingerprint density at radius 3 is 2.54 bits per heavy atom. The van der Waals surface area contributed by atoms with Crippen molar-refractivity contribution in [3.8, 4) is 28.6 Å². The molecule has 0 spiro atoms. The van der Waals surface area contributed by atoms with Crippen LogP contribution in [0, 0.1) is 0 Å². The molecular weight excluding hydrogens is 539 g/mol. The van der Waals surface area contributed by atoms with Gasteiger partial charge in [0.1, 0.15) is 18.0 Å². The Hall–Kier alpha value is -3.35. The molecular formula is C26H29ClF3N5O4. The Morgan fingerprint density at radius 1 is 1.21 bits per heavy atom. The molecule has 1 saturated heterocycles. The van der Waals surface area contributed by atoms with E-state index in [2.05, 4.69) is 15.1 Å². The lowest BCUT2D eigenvalue weighted by Gasteiger charge is -2.26. The van der Waals surface area contributed by atoms with Gasteiger partial charge in [-0.25, -0.2) is 0 Å². The SMILES string of the molecule is COc1cc(O)c(-c2nnc(C(=O)NCC(F)(F)F)n2-c2ccc(CN3CCOCC3)cc2Cl)cc1C(C)C. The normalized spacial score (nSPS) is 14.6. The summed E-state index contributed by atoms with van der Waals surface area (Å²) >= 11 is 6.68. The summed E-state index contributed by atoms with van der Waals surface area (Å²) in [6.07, 6.45) is -4.62. The second-order valence-electron chi connectivity index (χ2n) is 9.42. The first-order chi connectivity index (χ1) is 18.5. The zero-order chi connectivity index (χ0) is 28.3. The van der Waals surface area contributed by atoms with Crippen molar-refractivity contribution in [1.29, 1.82) is 0 Å². The number of phenolic OH excluding ortho intramolecular Hbond substituents is 1. The molecule has 2 heterocycles. The summed E-state index contributed by atoms with van der Waals surface area (Å²) in [6.45, 7) is 5.75. The van der Waals surface area contributed by atoms with Gasteiger partial charge in [0, 0.05) is 25.7 Å². The molecule has 1 amide bonds. The van der Waals surface area contributed by atoms with Crippen LogP contribution in [-0.4, -0.2) is 76.8 Å². The molecule has 1 fully saturated rings. The minimum atomic E-state index is -4.62. The van der Waals surface area contributed by atoms with Crippen molar-refractivity contribution < 1.29 is 32.5 Å². The van der Waals surface area contributed by atoms with Crippen LogP contribution in [0.3, 0.4) is 0 Å². The van der Waals surface area contributed by atoms with Gasteiger partial charge < -0.3 is 19.9 Å². The van der Waals surface area contributed by atoms with Crippen molar-refractivity contribution in [3.05, 3.63) is 52.3 Å². The maximum Gasteiger partial charge on any atom is 0.405 e. The average molecular weight is 568 g/mol. The predicted octanol–water partition coefficient (Wildman–Crippen LogP) is 4.55. The van der Waals surface area contributed by atoms with Crippen molar-refractivity contribution in [1.82, 2.24) is 25.0 Å². The Labute approximate surface area is 228 Å². The van der Waals surface area contributed by atoms with Crippen LogP contribution in [0.2, 0.25) is 5.02 Å². The van der Waals surface area contributed by atoms with Crippen LogP contribution < -0.4 is 10.1 Å². The van der Waals surface area contributed by atoms with Gasteiger partial charge >= 0.3 is 6.18 Å². The number of amides is 1. The monoisotopic (exact) mass is 567 g/mol. The molecule has 9 nitrogen and oxygen atoms in total. The standard InChI is InChI=1S/C26H29ClF3N5O4/c1-15(2)17-11-18(21(36)12-22(17)38-3)23-32-33-24(25(37)31-14-26(28,29)30)35(23)20-5-4-16(10-19(20)27)13-34-6-8-39-9-7-34/h4-5,10-12,15,36H,6-9,13-14H2,1-3H3,(H,31,37). The molecule has 0 radical (unpaired) electrons. The smallest absolute Gasteiger partial charge is 0.405 e. The summed E-state index contributed by atoms with van der Waals surface area (Å²) in [5.41, 5.74) is 2.11. The molecule has 0 bridgehead atoms. The Bertz CT molecular complexity index is 1340. The Morgan fingerprint density at radius 2 is 1.92 bits per heavy atom. The number of carbonyl (C=O) groups excluding carboxylic acids is 1. The first kappa shape index (κ1) is 28.7. The summed E-state index contributed by atoms with van der Waals surface area (Å²) in [5, 5.41) is 20.9. The Kier molecular flexibility index (Phi) is 8.67. The van der Waals surface area contributed by atoms with Gasteiger partial charge in [-0.2, -0.15) is 13.2 Å². The van der Waals surface area contributed by atoms with E-state index in [0.29, 0.717) is 25.5 Å². The van der Waals surface area contributed by atoms with E-state index in [-0.39, 0.29) is 33.8 Å². The molecule has 3 aromatic rings. The lowest BCUT2D eigenvalue weighted by Crippen LogP contribution is -2.35. The summed E-state index contributed by atoms with van der Waals surface area (Å²) in [6, 6.07) is 8.25. The molecule has 1 aliphatic heterocycles. The van der Waals surface area contributed by atoms with Gasteiger partial charge in [0.05, 0.1) is 36.6 Å². The number of nitrogens with one attached hydrogen (secondary N) is 1. The van der Waals surface area contributed by atoms with Crippen LogP contribution in [0.15, 0.2) is 30.3 Å². The lowest BCUT2D eigenvalue weighted by molar-refractivity contribution is -0.123. The zero-order valence-electron chi connectivity index (χ0n) is 21.7. The van der Waals surface area contributed by atoms with Crippen molar-refractivity contribution >= 4 is 17.5 Å². The highest BCUT2D eigenvalue weighted by molar-refractivity contribution is 6.32. The number of hydrogen-bond acceptors (Lipinski definition) is 7. The molecule has 13 heteroatoms. The summed E-state index contributed by atoms with van der Waals surface area (Å²) < 4.78 is 50.5. The number of ether oxygens (including phenoxy) is 2. The molecule has 0 atom stereocenters. The molecule has 0 saturated carbocycles. The number of aromatic nitrogens is 3. The maximum absolute atomic E-state index is 12.9. The molecule has 2 N–H and O–H groups in total. The van der Waals surface area contributed by atoms with Gasteiger partial charge in [-0.05, 0) is 35.2 Å². The predicted molar refractivity (Wildman–Crippen MR) is 139 cm³/mol. The van der Waals surface area contributed by atoms with Crippen LogP contribution >= 0.6 is 11.6 Å². The fraction of sp³-hybridized carbons (Fsp3) is 0.423. The molecule has 2 aromatic carbocycles. The number of halogens is 4. The third-order valence-electron chi connectivity index (χ3n) is 6.29. The fourth-order valence-electron chi connectivity index (χ4n) is 4.33. The minimum absolute atomic E-state index is 0.00622. The van der Waals surface area contributed by atoms with Gasteiger partial charge in [-0.15, -0.1) is 10.2 Å². The van der Waals surface area contributed by atoms with E-state index < -0.39 is 24.5 Å². The number of alkyl halides is 3. The van der Waals surface area contributed by atoms with Gasteiger partial charge in [0.25, 0.3) is 5.91 Å². The van der Waals surface area contributed by atoms with Crippen molar-refractivity contribution in [2.75, 3.05) is 40.0 Å². The van der Waals surface area contributed by atoms with E-state index in [1.807, 2.05) is 25.2 Å². The highest BCUT2D eigenvalue weighted by Crippen LogP contribution is 2.39. The van der Waals surface area contributed by atoms with E-state index in [1.165, 1.54) is 17.7 Å². The van der Waals surface area contributed by atoms with Gasteiger partial charge in [0.15, 0.2) is 5.82 Å². The van der Waals surface area contributed by atoms with E-state index in [9.17, 15) is 23.1 Å². The zero-order valence-corrected chi connectivity index (χ0v) is 22.4. The average Bonchev–Trinajstić information content (AvgIpc) is 3.31. The van der Waals surface area contributed by atoms with Crippen molar-refractivity contribution in [3.63, 3.8) is 0 Å². The number of nitrogens with zero attached hydrogens (tertiary/aromatic N) is 4. The lowest BCUT2D eigenvalue weighted by atomic mass is 9.98. The number of aromatic hydroxyl groups is 1. The molecule has 210 valence electrons. The van der Waals surface area contributed by atoms with E-state index >= 15 is 0 Å². The van der Waals surface area contributed by atoms with Gasteiger partial charge in [-0.1, -0.05) is 31.5 Å². The highest BCUT2D eigenvalue weighted by atomic mass is 35.5. The van der Waals surface area contributed by atoms with Crippen molar-refractivity contribution in [2.45, 2.75) is 32.5 Å². The van der Waals surface area contributed by atoms with Crippen LogP contribution in [0.1, 0.15) is 41.5 Å². The molecule has 1 aliphatic rings. The highest BCUT2D eigenvalue weighted by Gasteiger charge is 2.31. The number of carbonyl (C=O) groups is 1. The fourth-order valence-corrected chi connectivity index (χ4v) is 4.62. The van der Waals surface area contributed by atoms with Crippen LogP contribution in [-0.2, 0) is 11.3 Å². The largest absolute Gasteiger partial charge is 0.507 e. The van der Waals surface area contributed by atoms with Crippen LogP contribution in [0.5, 0.6) is 11.5 Å². The third kappa shape index (κ3) is 6.63. The number of phenols is 1. The number of rotatable bonds is 8.